The van der Waals surface area contributed by atoms with E-state index in [4.69, 9.17) is 9.47 Å². The lowest BCUT2D eigenvalue weighted by Crippen LogP contribution is -2.34. The van der Waals surface area contributed by atoms with E-state index < -0.39 is 0 Å². The van der Waals surface area contributed by atoms with Crippen LogP contribution in [0.2, 0.25) is 0 Å². The van der Waals surface area contributed by atoms with Gasteiger partial charge in [0.25, 0.3) is 0 Å². The summed E-state index contributed by atoms with van der Waals surface area (Å²) in [4.78, 5) is 3.72. The van der Waals surface area contributed by atoms with E-state index in [0.717, 1.165) is 18.0 Å². The molecule has 0 spiro atoms. The first kappa shape index (κ1) is 15.8. The molecule has 0 saturated carbocycles. The number of H-pyrrole nitrogens is 1. The highest BCUT2D eigenvalue weighted by Crippen LogP contribution is 2.43. The Kier molecular flexibility index (Phi) is 3.46. The van der Waals surface area contributed by atoms with E-state index in [1.165, 1.54) is 33.3 Å². The molecule has 28 heavy (non-hydrogen) atoms. The zero-order valence-corrected chi connectivity index (χ0v) is 15.3. The Labute approximate surface area is 163 Å². The van der Waals surface area contributed by atoms with E-state index in [2.05, 4.69) is 77.0 Å². The summed E-state index contributed by atoms with van der Waals surface area (Å²) >= 11 is 0. The van der Waals surface area contributed by atoms with Gasteiger partial charge < -0.3 is 19.8 Å². The van der Waals surface area contributed by atoms with Crippen molar-refractivity contribution in [2.45, 2.75) is 12.0 Å². The van der Waals surface area contributed by atoms with Crippen molar-refractivity contribution in [1.29, 1.82) is 0 Å². The van der Waals surface area contributed by atoms with Crippen molar-refractivity contribution >= 4 is 10.9 Å². The average Bonchev–Trinajstić information content (AvgIpc) is 3.38. The fraction of sp³-hybridized carbons (Fsp3) is 0.167. The van der Waals surface area contributed by atoms with Crippen molar-refractivity contribution in [1.82, 2.24) is 10.3 Å². The number of ether oxygens (including phenoxy) is 2. The summed E-state index contributed by atoms with van der Waals surface area (Å²) in [5.41, 5.74) is 6.33. The van der Waals surface area contributed by atoms with E-state index in [0.29, 0.717) is 6.79 Å². The lowest BCUT2D eigenvalue weighted by molar-refractivity contribution is 0.174. The number of rotatable bonds is 2. The SMILES string of the molecule is c1ccc(C2NCC(c3ccc4c(c3)OCO4)c3[nH]c4ccccc4c32)cc1. The van der Waals surface area contributed by atoms with Crippen LogP contribution in [0.15, 0.2) is 72.8 Å². The quantitative estimate of drug-likeness (QED) is 0.538. The van der Waals surface area contributed by atoms with Crippen LogP contribution < -0.4 is 14.8 Å². The van der Waals surface area contributed by atoms with Gasteiger partial charge in [-0.3, -0.25) is 0 Å². The van der Waals surface area contributed by atoms with Crippen LogP contribution in [0.5, 0.6) is 11.5 Å². The lowest BCUT2D eigenvalue weighted by Gasteiger charge is -2.31. The van der Waals surface area contributed by atoms with Crippen LogP contribution >= 0.6 is 0 Å². The Morgan fingerprint density at radius 2 is 1.61 bits per heavy atom. The molecule has 2 aliphatic heterocycles. The zero-order chi connectivity index (χ0) is 18.5. The van der Waals surface area contributed by atoms with Gasteiger partial charge in [0.1, 0.15) is 0 Å². The largest absolute Gasteiger partial charge is 0.454 e. The molecular weight excluding hydrogens is 348 g/mol. The molecule has 6 rings (SSSR count). The van der Waals surface area contributed by atoms with Crippen molar-refractivity contribution in [2.24, 2.45) is 0 Å². The number of nitrogens with one attached hydrogen (secondary N) is 2. The van der Waals surface area contributed by atoms with Gasteiger partial charge in [0.15, 0.2) is 11.5 Å². The van der Waals surface area contributed by atoms with E-state index in [1.54, 1.807) is 0 Å². The van der Waals surface area contributed by atoms with Gasteiger partial charge in [-0.2, -0.15) is 0 Å². The molecule has 0 radical (unpaired) electrons. The third kappa shape index (κ3) is 2.35. The van der Waals surface area contributed by atoms with Gasteiger partial charge in [-0.25, -0.2) is 0 Å². The maximum absolute atomic E-state index is 5.61. The van der Waals surface area contributed by atoms with Crippen LogP contribution in [-0.4, -0.2) is 18.3 Å². The van der Waals surface area contributed by atoms with Gasteiger partial charge in [0.2, 0.25) is 6.79 Å². The van der Waals surface area contributed by atoms with Gasteiger partial charge in [0, 0.05) is 34.6 Å². The van der Waals surface area contributed by atoms with Crippen LogP contribution in [0.4, 0.5) is 0 Å². The molecular formula is C24H20N2O2. The molecule has 4 heteroatoms. The van der Waals surface area contributed by atoms with Crippen LogP contribution in [0.25, 0.3) is 10.9 Å². The Morgan fingerprint density at radius 3 is 2.54 bits per heavy atom. The Hall–Kier alpha value is -3.24. The standard InChI is InChI=1S/C24H20N2O2/c1-2-6-15(7-3-1)23-22-17-8-4-5-9-19(17)26-24(22)18(13-25-23)16-10-11-20-21(12-16)28-14-27-20/h1-12,18,23,25-26H,13-14H2. The highest BCUT2D eigenvalue weighted by Gasteiger charge is 2.33. The first-order valence-corrected chi connectivity index (χ1v) is 9.67. The number of aromatic nitrogens is 1. The third-order valence-electron chi connectivity index (χ3n) is 5.87. The second-order valence-corrected chi connectivity index (χ2v) is 7.42. The van der Waals surface area contributed by atoms with Crippen LogP contribution in [0.1, 0.15) is 34.3 Å². The predicted octanol–water partition coefficient (Wildman–Crippen LogP) is 4.72. The molecule has 3 aromatic carbocycles. The Balaban J connectivity index is 1.53. The summed E-state index contributed by atoms with van der Waals surface area (Å²) in [7, 11) is 0. The van der Waals surface area contributed by atoms with Crippen LogP contribution in [0.3, 0.4) is 0 Å². The van der Waals surface area contributed by atoms with E-state index in [9.17, 15) is 0 Å². The predicted molar refractivity (Wildman–Crippen MR) is 109 cm³/mol. The maximum atomic E-state index is 5.61. The molecule has 4 aromatic rings. The van der Waals surface area contributed by atoms with Gasteiger partial charge in [-0.1, -0.05) is 54.6 Å². The Bertz CT molecular complexity index is 1170. The minimum atomic E-state index is 0.178. The molecule has 2 N–H and O–H groups in total. The second-order valence-electron chi connectivity index (χ2n) is 7.42. The molecule has 0 fully saturated rings. The van der Waals surface area contributed by atoms with Crippen molar-refractivity contribution in [3.8, 4) is 11.5 Å². The first-order valence-electron chi connectivity index (χ1n) is 9.67. The molecule has 2 aliphatic rings. The molecule has 4 nitrogen and oxygen atoms in total. The van der Waals surface area contributed by atoms with E-state index in [1.807, 2.05) is 6.07 Å². The van der Waals surface area contributed by atoms with Crippen LogP contribution in [-0.2, 0) is 0 Å². The van der Waals surface area contributed by atoms with Crippen molar-refractivity contribution in [2.75, 3.05) is 13.3 Å². The van der Waals surface area contributed by atoms with Gasteiger partial charge in [0.05, 0.1) is 6.04 Å². The zero-order valence-electron chi connectivity index (χ0n) is 15.3. The molecule has 1 aromatic heterocycles. The van der Waals surface area contributed by atoms with Gasteiger partial charge in [-0.15, -0.1) is 0 Å². The minimum absolute atomic E-state index is 0.178. The molecule has 0 bridgehead atoms. The fourth-order valence-electron chi connectivity index (χ4n) is 4.55. The van der Waals surface area contributed by atoms with Gasteiger partial charge in [-0.05, 0) is 29.3 Å². The average molecular weight is 368 g/mol. The number of hydrogen-bond donors (Lipinski definition) is 2. The number of benzene rings is 3. The van der Waals surface area contributed by atoms with E-state index in [-0.39, 0.29) is 12.0 Å². The molecule has 0 amide bonds. The summed E-state index contributed by atoms with van der Waals surface area (Å²) in [5.74, 6) is 1.89. The van der Waals surface area contributed by atoms with Crippen molar-refractivity contribution < 1.29 is 9.47 Å². The van der Waals surface area contributed by atoms with Gasteiger partial charge >= 0.3 is 0 Å². The normalized spacial score (nSPS) is 20.3. The van der Waals surface area contributed by atoms with E-state index >= 15 is 0 Å². The number of fused-ring (bicyclic) bond motifs is 4. The molecule has 2 atom stereocenters. The fourth-order valence-corrected chi connectivity index (χ4v) is 4.55. The molecule has 0 saturated heterocycles. The molecule has 0 aliphatic carbocycles. The first-order chi connectivity index (χ1) is 13.9. The molecule has 2 unspecified atom stereocenters. The topological polar surface area (TPSA) is 46.3 Å². The Morgan fingerprint density at radius 1 is 0.786 bits per heavy atom. The monoisotopic (exact) mass is 368 g/mol. The number of aromatic amines is 1. The smallest absolute Gasteiger partial charge is 0.231 e. The summed E-state index contributed by atoms with van der Waals surface area (Å²) in [6.45, 7) is 1.16. The summed E-state index contributed by atoms with van der Waals surface area (Å²) in [6, 6.07) is 25.7. The summed E-state index contributed by atoms with van der Waals surface area (Å²) < 4.78 is 11.1. The summed E-state index contributed by atoms with van der Waals surface area (Å²) in [6.07, 6.45) is 0. The second kappa shape index (κ2) is 6.14. The lowest BCUT2D eigenvalue weighted by atomic mass is 9.84. The highest BCUT2D eigenvalue weighted by molar-refractivity contribution is 5.86. The van der Waals surface area contributed by atoms with Crippen molar-refractivity contribution in [3.05, 3.63) is 95.2 Å². The number of para-hydroxylation sites is 1. The molecule has 138 valence electrons. The molecule has 3 heterocycles. The highest BCUT2D eigenvalue weighted by atomic mass is 16.7. The third-order valence-corrected chi connectivity index (χ3v) is 5.87. The minimum Gasteiger partial charge on any atom is -0.454 e. The van der Waals surface area contributed by atoms with Crippen molar-refractivity contribution in [3.63, 3.8) is 0 Å². The van der Waals surface area contributed by atoms with Crippen LogP contribution in [0, 0.1) is 0 Å². The summed E-state index contributed by atoms with van der Waals surface area (Å²) in [5, 5.41) is 5.08. The maximum Gasteiger partial charge on any atom is 0.231 e. The number of hydrogen-bond acceptors (Lipinski definition) is 3.